The number of hydrogen-bond acceptors (Lipinski definition) is 3. The van der Waals surface area contributed by atoms with Gasteiger partial charge in [0.1, 0.15) is 0 Å². The van der Waals surface area contributed by atoms with E-state index in [2.05, 4.69) is 4.74 Å². The van der Waals surface area contributed by atoms with Gasteiger partial charge in [0, 0.05) is 0 Å². The first-order chi connectivity index (χ1) is 5.76. The summed E-state index contributed by atoms with van der Waals surface area (Å²) >= 11 is 0. The van der Waals surface area contributed by atoms with Crippen LogP contribution in [-0.4, -0.2) is 24.8 Å². The molecular weight excluding hydrogens is 162 g/mol. The molecule has 0 amide bonds. The Balaban J connectivity index is 0.000000354. The van der Waals surface area contributed by atoms with Gasteiger partial charge in [-0.25, -0.2) is 4.39 Å². The Kier molecular flexibility index (Phi) is 6.04. The highest BCUT2D eigenvalue weighted by Crippen LogP contribution is 2.13. The number of halogens is 1. The van der Waals surface area contributed by atoms with Crippen LogP contribution in [0.4, 0.5) is 4.39 Å². The number of hydrogen-bond donors (Lipinski definition) is 2. The van der Waals surface area contributed by atoms with Crippen LogP contribution in [0.5, 0.6) is 5.75 Å². The van der Waals surface area contributed by atoms with E-state index in [0.717, 1.165) is 0 Å². The molecule has 0 aliphatic rings. The molecule has 1 aromatic carbocycles. The van der Waals surface area contributed by atoms with Crippen molar-refractivity contribution >= 4 is 7.69 Å². The van der Waals surface area contributed by atoms with Gasteiger partial charge in [-0.1, -0.05) is 12.1 Å². The minimum atomic E-state index is -0.750. The Morgan fingerprint density at radius 1 is 1.33 bits per heavy atom. The molecule has 3 nitrogen and oxygen atoms in total. The molecule has 5 heteroatoms. The average molecular weight is 172 g/mol. The molecule has 0 atom stereocenters. The summed E-state index contributed by atoms with van der Waals surface area (Å²) < 4.78 is 17.1. The van der Waals surface area contributed by atoms with Crippen molar-refractivity contribution < 1.29 is 19.2 Å². The zero-order valence-corrected chi connectivity index (χ0v) is 6.70. The quantitative estimate of drug-likeness (QED) is 0.589. The molecule has 2 N–H and O–H groups in total. The largest absolute Gasteiger partial charge is 0.494 e. The van der Waals surface area contributed by atoms with Crippen LogP contribution in [-0.2, 0) is 0 Å². The Morgan fingerprint density at radius 2 is 1.83 bits per heavy atom. The van der Waals surface area contributed by atoms with Gasteiger partial charge in [-0.3, -0.25) is 0 Å². The lowest BCUT2D eigenvalue weighted by molar-refractivity contribution is 0.386. The fourth-order valence-corrected chi connectivity index (χ4v) is 0.610. The first-order valence-electron chi connectivity index (χ1n) is 3.26. The highest BCUT2D eigenvalue weighted by Gasteiger charge is 1.95. The lowest BCUT2D eigenvalue weighted by atomic mass is 10.3. The Morgan fingerprint density at radius 3 is 2.17 bits per heavy atom. The lowest BCUT2D eigenvalue weighted by Crippen LogP contribution is -1.85. The van der Waals surface area contributed by atoms with Crippen LogP contribution in [0.3, 0.4) is 0 Å². The summed E-state index contributed by atoms with van der Waals surface area (Å²) in [5.74, 6) is -0.0301. The SMILES string of the molecule is COc1ccccc1F.OBO. The molecule has 0 saturated heterocycles. The van der Waals surface area contributed by atoms with Crippen molar-refractivity contribution in [1.29, 1.82) is 0 Å². The zero-order chi connectivity index (χ0) is 9.40. The van der Waals surface area contributed by atoms with Gasteiger partial charge < -0.3 is 14.8 Å². The van der Waals surface area contributed by atoms with Crippen molar-refractivity contribution in [2.75, 3.05) is 7.11 Å². The molecule has 0 saturated carbocycles. The van der Waals surface area contributed by atoms with E-state index in [0.29, 0.717) is 0 Å². The van der Waals surface area contributed by atoms with E-state index in [9.17, 15) is 4.39 Å². The molecule has 0 radical (unpaired) electrons. The second-order valence-corrected chi connectivity index (χ2v) is 1.78. The molecule has 12 heavy (non-hydrogen) atoms. The molecule has 0 aromatic heterocycles. The topological polar surface area (TPSA) is 49.7 Å². The average Bonchev–Trinajstić information content (AvgIpc) is 2.07. The van der Waals surface area contributed by atoms with E-state index in [-0.39, 0.29) is 11.6 Å². The van der Waals surface area contributed by atoms with E-state index in [4.69, 9.17) is 10.0 Å². The Labute approximate surface area is 70.7 Å². The minimum absolute atomic E-state index is 0.289. The fraction of sp³-hybridized carbons (Fsp3) is 0.143. The van der Waals surface area contributed by atoms with Crippen LogP contribution in [0.1, 0.15) is 0 Å². The summed E-state index contributed by atoms with van der Waals surface area (Å²) in [5, 5.41) is 14.2. The van der Waals surface area contributed by atoms with Crippen molar-refractivity contribution in [1.82, 2.24) is 0 Å². The summed E-state index contributed by atoms with van der Waals surface area (Å²) in [6.45, 7) is 0. The summed E-state index contributed by atoms with van der Waals surface area (Å²) in [7, 11) is 0.693. The molecule has 0 aliphatic heterocycles. The van der Waals surface area contributed by atoms with Crippen LogP contribution in [0.2, 0.25) is 0 Å². The van der Waals surface area contributed by atoms with E-state index in [1.807, 2.05) is 0 Å². The van der Waals surface area contributed by atoms with Crippen LogP contribution < -0.4 is 4.74 Å². The van der Waals surface area contributed by atoms with Crippen molar-refractivity contribution in [3.05, 3.63) is 30.1 Å². The van der Waals surface area contributed by atoms with Crippen molar-refractivity contribution in [3.63, 3.8) is 0 Å². The summed E-state index contributed by atoms with van der Waals surface area (Å²) in [5.41, 5.74) is 0. The second-order valence-electron chi connectivity index (χ2n) is 1.78. The molecule has 1 aromatic rings. The smallest absolute Gasteiger partial charge is 0.432 e. The Hall–Kier alpha value is -1.07. The van der Waals surface area contributed by atoms with E-state index in [1.165, 1.54) is 13.2 Å². The fourth-order valence-electron chi connectivity index (χ4n) is 0.610. The number of rotatable bonds is 1. The molecule has 0 unspecified atom stereocenters. The highest BCUT2D eigenvalue weighted by molar-refractivity contribution is 6.13. The van der Waals surface area contributed by atoms with Gasteiger partial charge in [0.15, 0.2) is 11.6 Å². The molecule has 0 aliphatic carbocycles. The maximum atomic E-state index is 12.5. The second kappa shape index (κ2) is 6.63. The number of ether oxygens (including phenoxy) is 1. The van der Waals surface area contributed by atoms with Crippen molar-refractivity contribution in [2.45, 2.75) is 0 Å². The van der Waals surface area contributed by atoms with Crippen LogP contribution in [0.15, 0.2) is 24.3 Å². The van der Waals surface area contributed by atoms with Crippen LogP contribution in [0, 0.1) is 5.82 Å². The molecule has 0 heterocycles. The summed E-state index contributed by atoms with van der Waals surface area (Å²) in [6, 6.07) is 6.29. The highest BCUT2D eigenvalue weighted by atomic mass is 19.1. The van der Waals surface area contributed by atoms with Gasteiger partial charge in [-0.05, 0) is 12.1 Å². The van der Waals surface area contributed by atoms with E-state index in [1.54, 1.807) is 18.2 Å². The van der Waals surface area contributed by atoms with Gasteiger partial charge in [0.25, 0.3) is 0 Å². The van der Waals surface area contributed by atoms with Gasteiger partial charge >= 0.3 is 7.69 Å². The molecule has 0 bridgehead atoms. The molecule has 0 fully saturated rings. The maximum absolute atomic E-state index is 12.5. The monoisotopic (exact) mass is 172 g/mol. The maximum Gasteiger partial charge on any atom is 0.432 e. The predicted molar refractivity (Wildman–Crippen MR) is 44.5 cm³/mol. The molecule has 66 valence electrons. The lowest BCUT2D eigenvalue weighted by Gasteiger charge is -1.97. The van der Waals surface area contributed by atoms with Gasteiger partial charge in [-0.2, -0.15) is 0 Å². The molecular formula is C7H10BFO3. The first kappa shape index (κ1) is 10.9. The summed E-state index contributed by atoms with van der Waals surface area (Å²) in [6.07, 6.45) is 0. The minimum Gasteiger partial charge on any atom is -0.494 e. The third-order valence-electron chi connectivity index (χ3n) is 1.06. The van der Waals surface area contributed by atoms with Crippen LogP contribution in [0.25, 0.3) is 0 Å². The van der Waals surface area contributed by atoms with Crippen LogP contribution >= 0.6 is 0 Å². The molecule has 1 rings (SSSR count). The standard InChI is InChI=1S/C7H7FO.BH3O2/c1-9-7-5-3-2-4-6(7)8;2-1-3/h2-5H,1H3;1-3H. The third-order valence-corrected chi connectivity index (χ3v) is 1.06. The number of benzene rings is 1. The molecule has 0 spiro atoms. The number of para-hydroxylation sites is 1. The van der Waals surface area contributed by atoms with E-state index >= 15 is 0 Å². The third kappa shape index (κ3) is 3.95. The van der Waals surface area contributed by atoms with Gasteiger partial charge in [0.2, 0.25) is 0 Å². The predicted octanol–water partition coefficient (Wildman–Crippen LogP) is 0.0718. The Bertz CT molecular complexity index is 220. The van der Waals surface area contributed by atoms with Gasteiger partial charge in [-0.15, -0.1) is 0 Å². The normalized spacial score (nSPS) is 8.00. The van der Waals surface area contributed by atoms with E-state index < -0.39 is 7.69 Å². The zero-order valence-electron chi connectivity index (χ0n) is 6.70. The summed E-state index contributed by atoms with van der Waals surface area (Å²) in [4.78, 5) is 0. The van der Waals surface area contributed by atoms with Crippen molar-refractivity contribution in [2.24, 2.45) is 0 Å². The van der Waals surface area contributed by atoms with Gasteiger partial charge in [0.05, 0.1) is 7.11 Å². The van der Waals surface area contributed by atoms with Crippen molar-refractivity contribution in [3.8, 4) is 5.75 Å². The first-order valence-corrected chi connectivity index (χ1v) is 3.26. The number of methoxy groups -OCH3 is 1.